The number of carbonyl (C=O) groups is 1. The van der Waals surface area contributed by atoms with Crippen LogP contribution in [-0.2, 0) is 4.79 Å². The van der Waals surface area contributed by atoms with Gasteiger partial charge in [0.15, 0.2) is 0 Å². The number of rotatable bonds is 1. The second-order valence-electron chi connectivity index (χ2n) is 5.57. The molecule has 2 heterocycles. The van der Waals surface area contributed by atoms with Crippen LogP contribution in [0.4, 0.5) is 5.69 Å². The first-order valence-corrected chi connectivity index (χ1v) is 7.88. The molecule has 0 saturated heterocycles. The predicted molar refractivity (Wildman–Crippen MR) is 76.2 cm³/mol. The quantitative estimate of drug-likeness (QED) is 0.737. The molecule has 4 rings (SSSR count). The van der Waals surface area contributed by atoms with Gasteiger partial charge in [0.1, 0.15) is 0 Å². The van der Waals surface area contributed by atoms with Gasteiger partial charge in [0.05, 0.1) is 11.9 Å². The minimum atomic E-state index is 0.200. The molecular weight excluding hydrogens is 256 g/mol. The molecule has 0 spiro atoms. The smallest absolute Gasteiger partial charge is 0.230 e. The largest absolute Gasteiger partial charge is 0.309 e. The molecule has 0 unspecified atom stereocenters. The Kier molecular flexibility index (Phi) is 2.65. The van der Waals surface area contributed by atoms with Gasteiger partial charge in [-0.3, -0.25) is 9.78 Å². The lowest BCUT2D eigenvalue weighted by Gasteiger charge is -2.32. The molecule has 2 bridgehead atoms. The Hall–Kier alpha value is -1.29. The Balaban J connectivity index is 1.63. The molecule has 3 atom stereocenters. The van der Waals surface area contributed by atoms with Crippen molar-refractivity contribution in [3.8, 4) is 0 Å². The summed E-state index contributed by atoms with van der Waals surface area (Å²) < 4.78 is 0. The fraction of sp³-hybridized carbons (Fsp3) is 0.467. The normalized spacial score (nSPS) is 31.6. The first-order valence-electron chi connectivity index (χ1n) is 6.89. The van der Waals surface area contributed by atoms with Gasteiger partial charge < -0.3 is 4.90 Å². The summed E-state index contributed by atoms with van der Waals surface area (Å²) >= 11 is 1.82. The molecule has 19 heavy (non-hydrogen) atoms. The van der Waals surface area contributed by atoms with E-state index in [0.717, 1.165) is 24.4 Å². The molecule has 2 aliphatic carbocycles. The number of hydrogen-bond acceptors (Lipinski definition) is 3. The van der Waals surface area contributed by atoms with Crippen molar-refractivity contribution >= 4 is 23.4 Å². The van der Waals surface area contributed by atoms with Crippen LogP contribution in [-0.4, -0.2) is 23.2 Å². The van der Waals surface area contributed by atoms with E-state index in [1.807, 2.05) is 28.9 Å². The van der Waals surface area contributed by atoms with Crippen LogP contribution in [0, 0.1) is 17.8 Å². The van der Waals surface area contributed by atoms with E-state index in [-0.39, 0.29) is 5.92 Å². The van der Waals surface area contributed by atoms with Gasteiger partial charge in [-0.2, -0.15) is 0 Å². The molecule has 1 saturated carbocycles. The molecule has 3 aliphatic rings. The summed E-state index contributed by atoms with van der Waals surface area (Å²) in [6.45, 7) is 0.819. The Morgan fingerprint density at radius 3 is 3.11 bits per heavy atom. The highest BCUT2D eigenvalue weighted by molar-refractivity contribution is 7.99. The molecule has 1 amide bonds. The van der Waals surface area contributed by atoms with Crippen LogP contribution in [0.25, 0.3) is 0 Å². The second-order valence-corrected chi connectivity index (χ2v) is 6.71. The van der Waals surface area contributed by atoms with Crippen LogP contribution in [0.1, 0.15) is 12.8 Å². The number of carbonyl (C=O) groups excluding carboxylic acids is 1. The topological polar surface area (TPSA) is 33.2 Å². The first-order chi connectivity index (χ1) is 9.33. The maximum Gasteiger partial charge on any atom is 0.230 e. The Morgan fingerprint density at radius 2 is 2.32 bits per heavy atom. The lowest BCUT2D eigenvalue weighted by atomic mass is 9.92. The van der Waals surface area contributed by atoms with E-state index < -0.39 is 0 Å². The van der Waals surface area contributed by atoms with E-state index in [1.54, 1.807) is 6.20 Å². The van der Waals surface area contributed by atoms with Crippen LogP contribution >= 0.6 is 11.8 Å². The standard InChI is InChI=1S/C15H16N2OS/c18-15(12-8-10-1-2-11(12)7-10)17-5-6-19-14-3-4-16-9-13(14)17/h1-4,9-12H,5-8H2/t10-,11-,12-/m0/s1. The van der Waals surface area contributed by atoms with Crippen LogP contribution in [0.2, 0.25) is 0 Å². The maximum absolute atomic E-state index is 12.8. The Morgan fingerprint density at radius 1 is 1.37 bits per heavy atom. The molecular formula is C15H16N2OS. The molecule has 0 aromatic carbocycles. The number of allylic oxidation sites excluding steroid dienone is 2. The minimum absolute atomic E-state index is 0.200. The van der Waals surface area contributed by atoms with Gasteiger partial charge in [-0.05, 0) is 30.7 Å². The molecule has 1 fully saturated rings. The number of pyridine rings is 1. The van der Waals surface area contributed by atoms with Crippen molar-refractivity contribution < 1.29 is 4.79 Å². The zero-order valence-corrected chi connectivity index (χ0v) is 11.5. The highest BCUT2D eigenvalue weighted by Gasteiger charge is 2.42. The summed E-state index contributed by atoms with van der Waals surface area (Å²) in [5, 5.41) is 0. The SMILES string of the molecule is O=C([C@H]1C[C@H]2C=C[C@H]1C2)N1CCSc2ccncc21. The summed E-state index contributed by atoms with van der Waals surface area (Å²) in [7, 11) is 0. The number of nitrogens with zero attached hydrogens (tertiary/aromatic N) is 2. The zero-order chi connectivity index (χ0) is 12.8. The minimum Gasteiger partial charge on any atom is -0.309 e. The van der Waals surface area contributed by atoms with Crippen molar-refractivity contribution in [2.75, 3.05) is 17.2 Å². The third-order valence-corrected chi connectivity index (χ3v) is 5.53. The molecule has 4 heteroatoms. The predicted octanol–water partition coefficient (Wildman–Crippen LogP) is 2.73. The summed E-state index contributed by atoms with van der Waals surface area (Å²) in [5.41, 5.74) is 1.01. The number of aromatic nitrogens is 1. The highest BCUT2D eigenvalue weighted by Crippen LogP contribution is 2.45. The molecule has 1 aromatic rings. The van der Waals surface area contributed by atoms with Gasteiger partial charge in [0.25, 0.3) is 0 Å². The van der Waals surface area contributed by atoms with E-state index in [9.17, 15) is 4.79 Å². The zero-order valence-electron chi connectivity index (χ0n) is 10.7. The van der Waals surface area contributed by atoms with Crippen LogP contribution in [0.5, 0.6) is 0 Å². The van der Waals surface area contributed by atoms with Gasteiger partial charge in [0, 0.05) is 29.3 Å². The van der Waals surface area contributed by atoms with E-state index >= 15 is 0 Å². The van der Waals surface area contributed by atoms with Crippen molar-refractivity contribution in [1.82, 2.24) is 4.98 Å². The maximum atomic E-state index is 12.8. The third-order valence-electron chi connectivity index (χ3n) is 4.49. The van der Waals surface area contributed by atoms with Gasteiger partial charge in [-0.15, -0.1) is 11.8 Å². The average molecular weight is 272 g/mol. The van der Waals surface area contributed by atoms with E-state index in [2.05, 4.69) is 17.1 Å². The van der Waals surface area contributed by atoms with Gasteiger partial charge in [-0.25, -0.2) is 0 Å². The number of thioether (sulfide) groups is 1. The van der Waals surface area contributed by atoms with E-state index in [1.165, 1.54) is 11.3 Å². The van der Waals surface area contributed by atoms with Gasteiger partial charge in [0.2, 0.25) is 5.91 Å². The second kappa shape index (κ2) is 4.37. The summed E-state index contributed by atoms with van der Waals surface area (Å²) in [6.07, 6.45) is 10.4. The monoisotopic (exact) mass is 272 g/mol. The van der Waals surface area contributed by atoms with Crippen molar-refractivity contribution in [3.63, 3.8) is 0 Å². The van der Waals surface area contributed by atoms with Crippen LogP contribution in [0.3, 0.4) is 0 Å². The van der Waals surface area contributed by atoms with E-state index in [0.29, 0.717) is 17.7 Å². The van der Waals surface area contributed by atoms with Crippen molar-refractivity contribution in [3.05, 3.63) is 30.6 Å². The van der Waals surface area contributed by atoms with Gasteiger partial charge in [-0.1, -0.05) is 12.2 Å². The molecule has 0 radical (unpaired) electrons. The summed E-state index contributed by atoms with van der Waals surface area (Å²) in [5.74, 6) is 2.62. The Labute approximate surface area is 117 Å². The highest BCUT2D eigenvalue weighted by atomic mass is 32.2. The fourth-order valence-corrected chi connectivity index (χ4v) is 4.52. The molecule has 1 aliphatic heterocycles. The van der Waals surface area contributed by atoms with Crippen LogP contribution < -0.4 is 4.90 Å². The molecule has 98 valence electrons. The Bertz CT molecular complexity index is 557. The summed E-state index contributed by atoms with van der Waals surface area (Å²) in [6, 6.07) is 2.01. The molecule has 0 N–H and O–H groups in total. The lowest BCUT2D eigenvalue weighted by molar-refractivity contribution is -0.123. The first kappa shape index (κ1) is 11.5. The third kappa shape index (κ3) is 1.81. The van der Waals surface area contributed by atoms with Gasteiger partial charge >= 0.3 is 0 Å². The van der Waals surface area contributed by atoms with Crippen molar-refractivity contribution in [2.45, 2.75) is 17.7 Å². The lowest BCUT2D eigenvalue weighted by Crippen LogP contribution is -2.41. The van der Waals surface area contributed by atoms with E-state index in [4.69, 9.17) is 0 Å². The molecule has 3 nitrogen and oxygen atoms in total. The number of fused-ring (bicyclic) bond motifs is 3. The fourth-order valence-electron chi connectivity index (χ4n) is 3.56. The van der Waals surface area contributed by atoms with Crippen molar-refractivity contribution in [2.24, 2.45) is 17.8 Å². The number of amides is 1. The average Bonchev–Trinajstić information content (AvgIpc) is 3.08. The van der Waals surface area contributed by atoms with Crippen molar-refractivity contribution in [1.29, 1.82) is 0 Å². The number of anilines is 1. The number of hydrogen-bond donors (Lipinski definition) is 0. The van der Waals surface area contributed by atoms with Crippen LogP contribution in [0.15, 0.2) is 35.5 Å². The molecule has 1 aromatic heterocycles. The summed E-state index contributed by atoms with van der Waals surface area (Å²) in [4.78, 5) is 20.2.